The number of aliphatic carboxylic acids is 2. The first-order chi connectivity index (χ1) is 8.00. The number of rotatable bonds is 6. The van der Waals surface area contributed by atoms with Gasteiger partial charge in [-0.15, -0.1) is 0 Å². The number of carbonyl (C=O) groups excluding carboxylic acids is 1. The number of amides is 1. The van der Waals surface area contributed by atoms with Crippen LogP contribution in [0.3, 0.4) is 0 Å². The summed E-state index contributed by atoms with van der Waals surface area (Å²) in [6, 6.07) is -1.10. The van der Waals surface area contributed by atoms with Crippen LogP contribution >= 0.6 is 0 Å². The largest absolute Gasteiger partial charge is 0.481 e. The van der Waals surface area contributed by atoms with E-state index in [4.69, 9.17) is 10.2 Å². The van der Waals surface area contributed by atoms with Gasteiger partial charge in [0.1, 0.15) is 6.04 Å². The molecule has 1 fully saturated rings. The maximum atomic E-state index is 11.7. The first kappa shape index (κ1) is 13.5. The van der Waals surface area contributed by atoms with Crippen molar-refractivity contribution in [2.24, 2.45) is 5.92 Å². The number of hydrogen-bond acceptors (Lipinski definition) is 3. The summed E-state index contributed by atoms with van der Waals surface area (Å²) in [5, 5.41) is 19.8. The molecule has 1 amide bonds. The van der Waals surface area contributed by atoms with Crippen LogP contribution in [0.15, 0.2) is 0 Å². The lowest BCUT2D eigenvalue weighted by molar-refractivity contribution is -0.143. The molecule has 0 radical (unpaired) electrons. The average Bonchev–Trinajstić information content (AvgIpc) is 2.76. The molecule has 1 rings (SSSR count). The van der Waals surface area contributed by atoms with E-state index in [1.165, 1.54) is 0 Å². The van der Waals surface area contributed by atoms with Crippen LogP contribution in [-0.4, -0.2) is 34.1 Å². The first-order valence-corrected chi connectivity index (χ1v) is 5.75. The van der Waals surface area contributed by atoms with Crippen LogP contribution in [0, 0.1) is 5.92 Å². The van der Waals surface area contributed by atoms with Crippen molar-refractivity contribution in [3.8, 4) is 0 Å². The molecule has 0 bridgehead atoms. The molecular weight excluding hydrogens is 226 g/mol. The number of carboxylic acids is 2. The lowest BCUT2D eigenvalue weighted by Crippen LogP contribution is -2.43. The molecule has 0 heterocycles. The van der Waals surface area contributed by atoms with Crippen LogP contribution in [0.4, 0.5) is 0 Å². The van der Waals surface area contributed by atoms with Gasteiger partial charge in [-0.2, -0.15) is 0 Å². The first-order valence-electron chi connectivity index (χ1n) is 5.75. The molecule has 0 aliphatic heterocycles. The molecule has 0 aromatic rings. The summed E-state index contributed by atoms with van der Waals surface area (Å²) in [6.45, 7) is 0. The van der Waals surface area contributed by atoms with E-state index in [2.05, 4.69) is 5.32 Å². The highest BCUT2D eigenvalue weighted by Gasteiger charge is 2.27. The average molecular weight is 243 g/mol. The summed E-state index contributed by atoms with van der Waals surface area (Å²) in [7, 11) is 0. The Bertz CT molecular complexity index is 309. The maximum absolute atomic E-state index is 11.7. The van der Waals surface area contributed by atoms with Gasteiger partial charge in [0.15, 0.2) is 0 Å². The lowest BCUT2D eigenvalue weighted by Gasteiger charge is -2.16. The van der Waals surface area contributed by atoms with Gasteiger partial charge in [0.25, 0.3) is 0 Å². The minimum Gasteiger partial charge on any atom is -0.481 e. The predicted octanol–water partition coefficient (Wildman–Crippen LogP) is 0.611. The Morgan fingerprint density at radius 3 is 2.24 bits per heavy atom. The van der Waals surface area contributed by atoms with Gasteiger partial charge in [-0.3, -0.25) is 9.59 Å². The van der Waals surface area contributed by atoms with E-state index in [1.807, 2.05) is 0 Å². The van der Waals surface area contributed by atoms with Crippen molar-refractivity contribution in [2.45, 2.75) is 44.6 Å². The van der Waals surface area contributed by atoms with Crippen LogP contribution in [0.5, 0.6) is 0 Å². The Balaban J connectivity index is 2.44. The highest BCUT2D eigenvalue weighted by atomic mass is 16.4. The number of hydrogen-bond donors (Lipinski definition) is 3. The predicted molar refractivity (Wildman–Crippen MR) is 58.4 cm³/mol. The molecule has 3 N–H and O–H groups in total. The minimum absolute atomic E-state index is 0.0802. The van der Waals surface area contributed by atoms with Crippen molar-refractivity contribution < 1.29 is 24.6 Å². The van der Waals surface area contributed by atoms with E-state index in [1.54, 1.807) is 0 Å². The van der Waals surface area contributed by atoms with Crippen molar-refractivity contribution in [1.29, 1.82) is 0 Å². The summed E-state index contributed by atoms with van der Waals surface area (Å²) in [5.41, 5.74) is 0. The second kappa shape index (κ2) is 6.22. The van der Waals surface area contributed by atoms with E-state index < -0.39 is 18.0 Å². The molecular formula is C11H17NO5. The molecule has 17 heavy (non-hydrogen) atoms. The topological polar surface area (TPSA) is 104 Å². The zero-order valence-corrected chi connectivity index (χ0v) is 9.52. The van der Waals surface area contributed by atoms with Crippen molar-refractivity contribution in [2.75, 3.05) is 0 Å². The highest BCUT2D eigenvalue weighted by molar-refractivity contribution is 5.85. The third-order valence-electron chi connectivity index (χ3n) is 2.99. The van der Waals surface area contributed by atoms with Crippen molar-refractivity contribution in [3.05, 3.63) is 0 Å². The van der Waals surface area contributed by atoms with Crippen LogP contribution in [-0.2, 0) is 14.4 Å². The van der Waals surface area contributed by atoms with E-state index in [0.29, 0.717) is 0 Å². The lowest BCUT2D eigenvalue weighted by atomic mass is 10.1. The molecule has 1 aliphatic rings. The molecule has 1 unspecified atom stereocenters. The number of carbonyl (C=O) groups is 3. The van der Waals surface area contributed by atoms with Gasteiger partial charge in [-0.1, -0.05) is 12.8 Å². The maximum Gasteiger partial charge on any atom is 0.326 e. The second-order valence-electron chi connectivity index (χ2n) is 4.31. The Hall–Kier alpha value is -1.59. The minimum atomic E-state index is -1.18. The molecule has 1 atom stereocenters. The Kier molecular flexibility index (Phi) is 4.93. The summed E-state index contributed by atoms with van der Waals surface area (Å²) in [5.74, 6) is -2.62. The van der Waals surface area contributed by atoms with Gasteiger partial charge in [-0.25, -0.2) is 4.79 Å². The van der Waals surface area contributed by atoms with Gasteiger partial charge in [0.05, 0.1) is 0 Å². The zero-order valence-electron chi connectivity index (χ0n) is 9.52. The normalized spacial score (nSPS) is 17.6. The summed E-state index contributed by atoms with van der Waals surface area (Å²) < 4.78 is 0. The summed E-state index contributed by atoms with van der Waals surface area (Å²) in [6.07, 6.45) is 3.22. The monoisotopic (exact) mass is 243 g/mol. The Morgan fingerprint density at radius 1 is 1.18 bits per heavy atom. The molecule has 1 saturated carbocycles. The van der Waals surface area contributed by atoms with Crippen LogP contribution in [0.1, 0.15) is 38.5 Å². The highest BCUT2D eigenvalue weighted by Crippen LogP contribution is 2.24. The third-order valence-corrected chi connectivity index (χ3v) is 2.99. The fourth-order valence-electron chi connectivity index (χ4n) is 2.00. The van der Waals surface area contributed by atoms with Gasteiger partial charge in [0, 0.05) is 12.3 Å². The molecule has 96 valence electrons. The van der Waals surface area contributed by atoms with Gasteiger partial charge in [0.2, 0.25) is 5.91 Å². The van der Waals surface area contributed by atoms with E-state index >= 15 is 0 Å². The van der Waals surface area contributed by atoms with E-state index in [0.717, 1.165) is 25.7 Å². The molecule has 1 aliphatic carbocycles. The molecule has 0 aromatic carbocycles. The van der Waals surface area contributed by atoms with E-state index in [-0.39, 0.29) is 24.7 Å². The van der Waals surface area contributed by atoms with Crippen molar-refractivity contribution in [3.63, 3.8) is 0 Å². The smallest absolute Gasteiger partial charge is 0.326 e. The van der Waals surface area contributed by atoms with Crippen LogP contribution < -0.4 is 5.32 Å². The standard InChI is InChI=1S/C11H17NO5/c13-9(14)6-5-8(11(16)17)12-10(15)7-3-1-2-4-7/h7-8H,1-6H2,(H,12,15)(H,13,14)(H,16,17). The van der Waals surface area contributed by atoms with Crippen molar-refractivity contribution >= 4 is 17.8 Å². The quantitative estimate of drug-likeness (QED) is 0.634. The SMILES string of the molecule is O=C(O)CCC(NC(=O)C1CCCC1)C(=O)O. The number of nitrogens with one attached hydrogen (secondary N) is 1. The van der Waals surface area contributed by atoms with Gasteiger partial charge >= 0.3 is 11.9 Å². The zero-order chi connectivity index (χ0) is 12.8. The Labute approximate surface area is 99.0 Å². The molecule has 6 heteroatoms. The molecule has 6 nitrogen and oxygen atoms in total. The third kappa shape index (κ3) is 4.42. The van der Waals surface area contributed by atoms with Crippen molar-refractivity contribution in [1.82, 2.24) is 5.32 Å². The van der Waals surface area contributed by atoms with Crippen LogP contribution in [0.2, 0.25) is 0 Å². The van der Waals surface area contributed by atoms with E-state index in [9.17, 15) is 14.4 Å². The molecule has 0 saturated heterocycles. The van der Waals surface area contributed by atoms with Gasteiger partial charge < -0.3 is 15.5 Å². The summed E-state index contributed by atoms with van der Waals surface area (Å²) in [4.78, 5) is 32.9. The van der Waals surface area contributed by atoms with Crippen LogP contribution in [0.25, 0.3) is 0 Å². The second-order valence-corrected chi connectivity index (χ2v) is 4.31. The number of carboxylic acid groups (broad SMARTS) is 2. The fourth-order valence-corrected chi connectivity index (χ4v) is 2.00. The van der Waals surface area contributed by atoms with Gasteiger partial charge in [-0.05, 0) is 19.3 Å². The fraction of sp³-hybridized carbons (Fsp3) is 0.727. The summed E-state index contributed by atoms with van der Waals surface area (Å²) >= 11 is 0. The molecule has 0 spiro atoms. The molecule has 0 aromatic heterocycles. The Morgan fingerprint density at radius 2 is 1.76 bits per heavy atom.